The molecule has 0 unspecified atom stereocenters. The zero-order chi connectivity index (χ0) is 20.5. The Morgan fingerprint density at radius 1 is 0.893 bits per heavy atom. The lowest BCUT2D eigenvalue weighted by molar-refractivity contribution is -0.154. The van der Waals surface area contributed by atoms with Gasteiger partial charge in [-0.3, -0.25) is 9.59 Å². The van der Waals surface area contributed by atoms with Crippen LogP contribution >= 0.6 is 0 Å². The SMILES string of the molecule is COCOC(=O)CCCCCCCCCCC(=O)NCCc1ccc(O)cc1. The Kier molecular flexibility index (Phi) is 13.6. The lowest BCUT2D eigenvalue weighted by Gasteiger charge is -2.06. The fraction of sp³-hybridized carbons (Fsp3) is 0.636. The number of carbonyl (C=O) groups excluding carboxylic acids is 2. The molecule has 2 N–H and O–H groups in total. The molecule has 158 valence electrons. The molecule has 0 atom stereocenters. The molecule has 1 rings (SSSR count). The van der Waals surface area contributed by atoms with Crippen LogP contribution in [0.25, 0.3) is 0 Å². The average Bonchev–Trinajstić information content (AvgIpc) is 2.69. The molecule has 0 spiro atoms. The standard InChI is InChI=1S/C22H35NO5/c1-27-18-28-22(26)11-9-7-5-3-2-4-6-8-10-21(25)23-17-16-19-12-14-20(24)15-13-19/h12-15,24H,2-11,16-18H2,1H3,(H,23,25). The Morgan fingerprint density at radius 3 is 2.07 bits per heavy atom. The summed E-state index contributed by atoms with van der Waals surface area (Å²) in [5.41, 5.74) is 1.10. The zero-order valence-electron chi connectivity index (χ0n) is 17.1. The molecule has 0 bridgehead atoms. The van der Waals surface area contributed by atoms with Gasteiger partial charge in [-0.25, -0.2) is 0 Å². The van der Waals surface area contributed by atoms with E-state index in [1.165, 1.54) is 20.0 Å². The van der Waals surface area contributed by atoms with E-state index < -0.39 is 0 Å². The second-order valence-corrected chi connectivity index (χ2v) is 7.02. The topological polar surface area (TPSA) is 84.9 Å². The number of unbranched alkanes of at least 4 members (excludes halogenated alkanes) is 7. The minimum Gasteiger partial charge on any atom is -0.508 e. The molecule has 1 aromatic carbocycles. The fourth-order valence-electron chi connectivity index (χ4n) is 2.91. The molecule has 0 heterocycles. The Bertz CT molecular complexity index is 544. The number of hydrogen-bond donors (Lipinski definition) is 2. The summed E-state index contributed by atoms with van der Waals surface area (Å²) in [4.78, 5) is 23.1. The quantitative estimate of drug-likeness (QED) is 0.251. The minimum absolute atomic E-state index is 0.0370. The smallest absolute Gasteiger partial charge is 0.307 e. The van der Waals surface area contributed by atoms with Crippen molar-refractivity contribution in [3.05, 3.63) is 29.8 Å². The zero-order valence-corrected chi connectivity index (χ0v) is 17.1. The van der Waals surface area contributed by atoms with E-state index in [4.69, 9.17) is 4.74 Å². The predicted molar refractivity (Wildman–Crippen MR) is 109 cm³/mol. The van der Waals surface area contributed by atoms with Gasteiger partial charge in [0.2, 0.25) is 5.91 Å². The van der Waals surface area contributed by atoms with E-state index in [1.54, 1.807) is 12.1 Å². The van der Waals surface area contributed by atoms with Crippen LogP contribution in [0.1, 0.15) is 69.8 Å². The number of rotatable bonds is 16. The number of phenolic OH excluding ortho intramolecular Hbond substituents is 1. The van der Waals surface area contributed by atoms with Crippen LogP contribution in [0.4, 0.5) is 0 Å². The van der Waals surface area contributed by atoms with Gasteiger partial charge in [0, 0.05) is 26.5 Å². The minimum atomic E-state index is -0.191. The van der Waals surface area contributed by atoms with Crippen molar-refractivity contribution in [1.29, 1.82) is 0 Å². The summed E-state index contributed by atoms with van der Waals surface area (Å²) in [5, 5.41) is 12.2. The molecule has 0 saturated carbocycles. The number of aromatic hydroxyl groups is 1. The largest absolute Gasteiger partial charge is 0.508 e. The fourth-order valence-corrected chi connectivity index (χ4v) is 2.91. The van der Waals surface area contributed by atoms with Crippen LogP contribution in [-0.2, 0) is 25.5 Å². The van der Waals surface area contributed by atoms with Crippen LogP contribution in [-0.4, -0.2) is 37.4 Å². The van der Waals surface area contributed by atoms with Gasteiger partial charge in [-0.05, 0) is 37.0 Å². The molecule has 1 amide bonds. The highest BCUT2D eigenvalue weighted by molar-refractivity contribution is 5.75. The van der Waals surface area contributed by atoms with Gasteiger partial charge in [0.1, 0.15) is 5.75 Å². The number of hydrogen-bond acceptors (Lipinski definition) is 5. The third kappa shape index (κ3) is 13.1. The maximum absolute atomic E-state index is 11.8. The molecule has 1 aromatic rings. The van der Waals surface area contributed by atoms with Crippen molar-refractivity contribution in [2.75, 3.05) is 20.4 Å². The van der Waals surface area contributed by atoms with E-state index in [-0.39, 0.29) is 24.4 Å². The first-order valence-corrected chi connectivity index (χ1v) is 10.3. The highest BCUT2D eigenvalue weighted by atomic mass is 16.7. The second kappa shape index (κ2) is 15.9. The molecule has 0 fully saturated rings. The van der Waals surface area contributed by atoms with Gasteiger partial charge in [-0.15, -0.1) is 0 Å². The van der Waals surface area contributed by atoms with Gasteiger partial charge < -0.3 is 19.9 Å². The highest BCUT2D eigenvalue weighted by Gasteiger charge is 2.03. The van der Waals surface area contributed by atoms with Crippen LogP contribution in [0.15, 0.2) is 24.3 Å². The lowest BCUT2D eigenvalue weighted by atomic mass is 10.1. The maximum atomic E-state index is 11.8. The normalized spacial score (nSPS) is 10.6. The van der Waals surface area contributed by atoms with E-state index in [1.807, 2.05) is 12.1 Å². The summed E-state index contributed by atoms with van der Waals surface area (Å²) in [5.74, 6) is 0.178. The van der Waals surface area contributed by atoms with Crippen LogP contribution in [0, 0.1) is 0 Å². The van der Waals surface area contributed by atoms with E-state index in [9.17, 15) is 14.7 Å². The number of benzene rings is 1. The third-order valence-electron chi connectivity index (χ3n) is 4.54. The van der Waals surface area contributed by atoms with Gasteiger partial charge >= 0.3 is 5.97 Å². The van der Waals surface area contributed by atoms with Crippen molar-refractivity contribution in [3.8, 4) is 5.75 Å². The van der Waals surface area contributed by atoms with Crippen LogP contribution in [0.2, 0.25) is 0 Å². The molecule has 0 aliphatic heterocycles. The maximum Gasteiger partial charge on any atom is 0.307 e. The Balaban J connectivity index is 1.85. The number of carbonyl (C=O) groups is 2. The summed E-state index contributed by atoms with van der Waals surface area (Å²) in [7, 11) is 1.50. The molecule has 0 saturated heterocycles. The first-order chi connectivity index (χ1) is 13.6. The van der Waals surface area contributed by atoms with Crippen LogP contribution in [0.3, 0.4) is 0 Å². The lowest BCUT2D eigenvalue weighted by Crippen LogP contribution is -2.25. The second-order valence-electron chi connectivity index (χ2n) is 7.02. The molecule has 0 aliphatic rings. The summed E-state index contributed by atoms with van der Waals surface area (Å²) in [6.45, 7) is 0.665. The van der Waals surface area contributed by atoms with Crippen molar-refractivity contribution in [2.45, 2.75) is 70.6 Å². The average molecular weight is 394 g/mol. The van der Waals surface area contributed by atoms with E-state index >= 15 is 0 Å². The summed E-state index contributed by atoms with van der Waals surface area (Å²) in [6.07, 6.45) is 10.4. The van der Waals surface area contributed by atoms with Crippen molar-refractivity contribution in [2.24, 2.45) is 0 Å². The third-order valence-corrected chi connectivity index (χ3v) is 4.54. The van der Waals surface area contributed by atoms with Gasteiger partial charge in [0.05, 0.1) is 0 Å². The van der Waals surface area contributed by atoms with E-state index in [2.05, 4.69) is 10.1 Å². The molecule has 6 nitrogen and oxygen atoms in total. The van der Waals surface area contributed by atoms with Crippen LogP contribution in [0.5, 0.6) is 5.75 Å². The molecule has 28 heavy (non-hydrogen) atoms. The Labute approximate surface area is 168 Å². The molecule has 0 aliphatic carbocycles. The number of phenols is 1. The number of amides is 1. The van der Waals surface area contributed by atoms with Crippen molar-refractivity contribution in [3.63, 3.8) is 0 Å². The Hall–Kier alpha value is -2.08. The number of nitrogens with one attached hydrogen (secondary N) is 1. The van der Waals surface area contributed by atoms with Gasteiger partial charge in [0.25, 0.3) is 0 Å². The first kappa shape index (κ1) is 24.0. The summed E-state index contributed by atoms with van der Waals surface area (Å²) < 4.78 is 9.52. The van der Waals surface area contributed by atoms with Gasteiger partial charge in [0.15, 0.2) is 6.79 Å². The van der Waals surface area contributed by atoms with Gasteiger partial charge in [-0.2, -0.15) is 0 Å². The monoisotopic (exact) mass is 393 g/mol. The van der Waals surface area contributed by atoms with E-state index in [0.29, 0.717) is 19.4 Å². The number of ether oxygens (including phenoxy) is 2. The molecular formula is C22H35NO5. The number of esters is 1. The summed E-state index contributed by atoms with van der Waals surface area (Å²) >= 11 is 0. The predicted octanol–water partition coefficient (Wildman–Crippen LogP) is 4.10. The number of methoxy groups -OCH3 is 1. The summed E-state index contributed by atoms with van der Waals surface area (Å²) in [6, 6.07) is 7.06. The molecule has 0 radical (unpaired) electrons. The van der Waals surface area contributed by atoms with Crippen LogP contribution < -0.4 is 5.32 Å². The Morgan fingerprint density at radius 2 is 1.46 bits per heavy atom. The van der Waals surface area contributed by atoms with E-state index in [0.717, 1.165) is 50.5 Å². The molecule has 0 aromatic heterocycles. The van der Waals surface area contributed by atoms with Crippen molar-refractivity contribution < 1.29 is 24.2 Å². The molecular weight excluding hydrogens is 358 g/mol. The van der Waals surface area contributed by atoms with Crippen molar-refractivity contribution in [1.82, 2.24) is 5.32 Å². The highest BCUT2D eigenvalue weighted by Crippen LogP contribution is 2.11. The van der Waals surface area contributed by atoms with Gasteiger partial charge in [-0.1, -0.05) is 50.7 Å². The molecule has 6 heteroatoms. The first-order valence-electron chi connectivity index (χ1n) is 10.3. The van der Waals surface area contributed by atoms with Crippen molar-refractivity contribution >= 4 is 11.9 Å².